The monoisotopic (exact) mass is 527 g/mol. The van der Waals surface area contributed by atoms with E-state index >= 15 is 0 Å². The molecule has 4 heterocycles. The minimum atomic E-state index is -0.257. The SMILES string of the molecule is CC1CN(c2cnc3c(C#N)nn(C(C)c4ccc(Cl)cc4Cl)c3n2)CCC1N1CCCC(CO)C1. The van der Waals surface area contributed by atoms with Crippen LogP contribution in [-0.4, -0.2) is 68.6 Å². The summed E-state index contributed by atoms with van der Waals surface area (Å²) in [5.41, 5.74) is 2.15. The fraction of sp³-hybridized carbons (Fsp3) is 0.538. The van der Waals surface area contributed by atoms with Crippen molar-refractivity contribution in [2.45, 2.75) is 45.2 Å². The van der Waals surface area contributed by atoms with E-state index in [9.17, 15) is 10.4 Å². The van der Waals surface area contributed by atoms with E-state index < -0.39 is 0 Å². The number of likely N-dealkylation sites (tertiary alicyclic amines) is 1. The number of hydrogen-bond donors (Lipinski definition) is 1. The zero-order chi connectivity index (χ0) is 25.4. The Bertz CT molecular complexity index is 1290. The van der Waals surface area contributed by atoms with Gasteiger partial charge in [0, 0.05) is 42.3 Å². The Balaban J connectivity index is 1.41. The van der Waals surface area contributed by atoms with Gasteiger partial charge in [-0.15, -0.1) is 0 Å². The average Bonchev–Trinajstić information content (AvgIpc) is 3.26. The predicted molar refractivity (Wildman–Crippen MR) is 141 cm³/mol. The molecule has 2 aliphatic rings. The molecule has 2 fully saturated rings. The van der Waals surface area contributed by atoms with Crippen molar-refractivity contribution in [3.8, 4) is 6.07 Å². The van der Waals surface area contributed by atoms with Crippen molar-refractivity contribution >= 4 is 40.2 Å². The molecule has 2 saturated heterocycles. The smallest absolute Gasteiger partial charge is 0.190 e. The number of rotatable bonds is 5. The summed E-state index contributed by atoms with van der Waals surface area (Å²) in [6.07, 6.45) is 5.07. The molecule has 4 unspecified atom stereocenters. The van der Waals surface area contributed by atoms with E-state index in [0.717, 1.165) is 56.8 Å². The number of aromatic nitrogens is 4. The summed E-state index contributed by atoms with van der Waals surface area (Å²) in [4.78, 5) is 14.4. The standard InChI is InChI=1S/C26H31Cl2N7O/c1-16-13-34(9-7-23(16)33-8-3-4-18(14-33)15-36)24-12-30-25-22(11-29)32-35(26(25)31-24)17(2)20-6-5-19(27)10-21(20)28/h5-6,10,12,16-18,23,36H,3-4,7-9,13-15H2,1-2H3. The van der Waals surface area contributed by atoms with Gasteiger partial charge in [0.15, 0.2) is 11.3 Å². The van der Waals surface area contributed by atoms with Crippen LogP contribution in [0.5, 0.6) is 0 Å². The third-order valence-electron chi connectivity index (χ3n) is 7.74. The molecule has 0 bridgehead atoms. The van der Waals surface area contributed by atoms with Crippen LogP contribution in [0, 0.1) is 23.2 Å². The van der Waals surface area contributed by atoms with E-state index in [4.69, 9.17) is 28.2 Å². The molecule has 36 heavy (non-hydrogen) atoms. The minimum absolute atomic E-state index is 0.247. The lowest BCUT2D eigenvalue weighted by atomic mass is 9.89. The summed E-state index contributed by atoms with van der Waals surface area (Å²) < 4.78 is 1.73. The second-order valence-electron chi connectivity index (χ2n) is 10.1. The van der Waals surface area contributed by atoms with Crippen LogP contribution in [0.15, 0.2) is 24.4 Å². The van der Waals surface area contributed by atoms with Gasteiger partial charge in [0.1, 0.15) is 17.4 Å². The van der Waals surface area contributed by atoms with Gasteiger partial charge >= 0.3 is 0 Å². The molecule has 2 aliphatic heterocycles. The Labute approximate surface area is 221 Å². The number of halogens is 2. The second-order valence-corrected chi connectivity index (χ2v) is 11.0. The molecular formula is C26H31Cl2N7O. The molecule has 0 saturated carbocycles. The molecule has 0 spiro atoms. The van der Waals surface area contributed by atoms with Gasteiger partial charge < -0.3 is 10.0 Å². The van der Waals surface area contributed by atoms with Gasteiger partial charge in [-0.05, 0) is 62.3 Å². The molecule has 0 radical (unpaired) electrons. The molecule has 0 aliphatic carbocycles. The first kappa shape index (κ1) is 25.2. The van der Waals surface area contributed by atoms with E-state index in [1.165, 1.54) is 0 Å². The van der Waals surface area contributed by atoms with Crippen molar-refractivity contribution in [2.24, 2.45) is 11.8 Å². The van der Waals surface area contributed by atoms with Gasteiger partial charge in [-0.2, -0.15) is 10.4 Å². The Morgan fingerprint density at radius 1 is 1.22 bits per heavy atom. The molecule has 10 heteroatoms. The first-order valence-corrected chi connectivity index (χ1v) is 13.3. The van der Waals surface area contributed by atoms with Crippen molar-refractivity contribution in [3.05, 3.63) is 45.7 Å². The van der Waals surface area contributed by atoms with Crippen molar-refractivity contribution in [3.63, 3.8) is 0 Å². The minimum Gasteiger partial charge on any atom is -0.396 e. The Morgan fingerprint density at radius 2 is 2.06 bits per heavy atom. The van der Waals surface area contributed by atoms with E-state index in [2.05, 4.69) is 32.9 Å². The maximum absolute atomic E-state index is 9.67. The van der Waals surface area contributed by atoms with E-state index in [0.29, 0.717) is 39.1 Å². The zero-order valence-electron chi connectivity index (χ0n) is 20.6. The molecule has 5 rings (SSSR count). The zero-order valence-corrected chi connectivity index (χ0v) is 22.1. The maximum Gasteiger partial charge on any atom is 0.190 e. The quantitative estimate of drug-likeness (QED) is 0.520. The number of aliphatic hydroxyl groups is 1. The van der Waals surface area contributed by atoms with Crippen LogP contribution in [-0.2, 0) is 0 Å². The third kappa shape index (κ3) is 4.78. The highest BCUT2D eigenvalue weighted by Crippen LogP contribution is 2.32. The molecule has 1 N–H and O–H groups in total. The van der Waals surface area contributed by atoms with Crippen molar-refractivity contribution < 1.29 is 5.11 Å². The molecular weight excluding hydrogens is 497 g/mol. The van der Waals surface area contributed by atoms with Gasteiger partial charge in [-0.3, -0.25) is 4.90 Å². The topological polar surface area (TPSA) is 94.1 Å². The number of nitriles is 1. The van der Waals surface area contributed by atoms with Crippen LogP contribution in [0.1, 0.15) is 50.4 Å². The third-order valence-corrected chi connectivity index (χ3v) is 8.30. The number of fused-ring (bicyclic) bond motifs is 1. The summed E-state index contributed by atoms with van der Waals surface area (Å²) in [5.74, 6) is 1.64. The fourth-order valence-electron chi connectivity index (χ4n) is 5.80. The maximum atomic E-state index is 9.67. The largest absolute Gasteiger partial charge is 0.396 e. The van der Waals surface area contributed by atoms with Crippen LogP contribution < -0.4 is 4.90 Å². The molecule has 2 aromatic heterocycles. The van der Waals surface area contributed by atoms with Crippen LogP contribution in [0.3, 0.4) is 0 Å². The summed E-state index contributed by atoms with van der Waals surface area (Å²) in [6.45, 7) is 8.40. The highest BCUT2D eigenvalue weighted by Gasteiger charge is 2.34. The normalized spacial score (nSPS) is 24.1. The number of hydrogen-bond acceptors (Lipinski definition) is 7. The molecule has 0 amide bonds. The molecule has 4 atom stereocenters. The summed E-state index contributed by atoms with van der Waals surface area (Å²) >= 11 is 12.6. The number of piperidine rings is 2. The van der Waals surface area contributed by atoms with E-state index in [-0.39, 0.29) is 18.3 Å². The Kier molecular flexibility index (Phi) is 7.36. The van der Waals surface area contributed by atoms with E-state index in [1.54, 1.807) is 23.0 Å². The Morgan fingerprint density at radius 3 is 2.78 bits per heavy atom. The summed E-state index contributed by atoms with van der Waals surface area (Å²) in [6, 6.07) is 7.78. The van der Waals surface area contributed by atoms with Crippen molar-refractivity contribution in [2.75, 3.05) is 37.7 Å². The van der Waals surface area contributed by atoms with Gasteiger partial charge in [0.05, 0.1) is 12.2 Å². The highest BCUT2D eigenvalue weighted by molar-refractivity contribution is 6.35. The first-order chi connectivity index (χ1) is 17.4. The van der Waals surface area contributed by atoms with Crippen LogP contribution in [0.4, 0.5) is 5.82 Å². The van der Waals surface area contributed by atoms with Crippen LogP contribution >= 0.6 is 23.2 Å². The lowest BCUT2D eigenvalue weighted by Crippen LogP contribution is -2.53. The summed E-state index contributed by atoms with van der Waals surface area (Å²) in [7, 11) is 0. The Hall–Kier alpha value is -2.44. The fourth-order valence-corrected chi connectivity index (χ4v) is 6.37. The second kappa shape index (κ2) is 10.5. The lowest BCUT2D eigenvalue weighted by molar-refractivity contribution is 0.0576. The average molecular weight is 528 g/mol. The first-order valence-electron chi connectivity index (χ1n) is 12.6. The van der Waals surface area contributed by atoms with Crippen molar-refractivity contribution in [1.29, 1.82) is 5.26 Å². The molecule has 3 aromatic rings. The summed E-state index contributed by atoms with van der Waals surface area (Å²) in [5, 5.41) is 24.9. The predicted octanol–water partition coefficient (Wildman–Crippen LogP) is 4.53. The molecule has 190 valence electrons. The van der Waals surface area contributed by atoms with Crippen molar-refractivity contribution in [1.82, 2.24) is 24.6 Å². The van der Waals surface area contributed by atoms with Gasteiger partial charge in [0.2, 0.25) is 0 Å². The number of benzene rings is 1. The number of aliphatic hydroxyl groups excluding tert-OH is 1. The van der Waals surface area contributed by atoms with E-state index in [1.807, 2.05) is 13.0 Å². The van der Waals surface area contributed by atoms with Gasteiger partial charge in [-0.1, -0.05) is 36.2 Å². The lowest BCUT2D eigenvalue weighted by Gasteiger charge is -2.45. The number of nitrogens with zero attached hydrogens (tertiary/aromatic N) is 7. The molecule has 1 aromatic carbocycles. The van der Waals surface area contributed by atoms with Crippen LogP contribution in [0.2, 0.25) is 10.0 Å². The van der Waals surface area contributed by atoms with Crippen LogP contribution in [0.25, 0.3) is 11.2 Å². The highest BCUT2D eigenvalue weighted by atomic mass is 35.5. The van der Waals surface area contributed by atoms with Gasteiger partial charge in [-0.25, -0.2) is 14.6 Å². The number of anilines is 1. The molecule has 8 nitrogen and oxygen atoms in total. The van der Waals surface area contributed by atoms with Gasteiger partial charge in [0.25, 0.3) is 0 Å².